The van der Waals surface area contributed by atoms with Gasteiger partial charge in [-0.3, -0.25) is 10.1 Å². The summed E-state index contributed by atoms with van der Waals surface area (Å²) in [5, 5.41) is 20.1. The summed E-state index contributed by atoms with van der Waals surface area (Å²) >= 11 is 6.00. The van der Waals surface area contributed by atoms with Gasteiger partial charge in [-0.1, -0.05) is 23.6 Å². The number of hydrogen-bond acceptors (Lipinski definition) is 9. The zero-order valence-electron chi connectivity index (χ0n) is 20.3. The Hall–Kier alpha value is -2.79. The van der Waals surface area contributed by atoms with Crippen LogP contribution in [0.5, 0.6) is 0 Å². The van der Waals surface area contributed by atoms with Crippen molar-refractivity contribution in [1.82, 2.24) is 15.1 Å². The minimum Gasteiger partial charge on any atom is -0.382 e. The number of halogens is 6. The van der Waals surface area contributed by atoms with Crippen molar-refractivity contribution in [2.45, 2.75) is 50.2 Å². The summed E-state index contributed by atoms with van der Waals surface area (Å²) in [6.07, 6.45) is -6.85. The van der Waals surface area contributed by atoms with E-state index >= 15 is 0 Å². The molecule has 4 rings (SSSR count). The van der Waals surface area contributed by atoms with Crippen molar-refractivity contribution in [3.05, 3.63) is 38.9 Å². The number of ether oxygens (including phenoxy) is 1. The fourth-order valence-corrected chi connectivity index (χ4v) is 5.52. The van der Waals surface area contributed by atoms with Crippen LogP contribution in [0.3, 0.4) is 0 Å². The van der Waals surface area contributed by atoms with Gasteiger partial charge in [-0.2, -0.15) is 26.3 Å². The van der Waals surface area contributed by atoms with Gasteiger partial charge in [-0.05, 0) is 37.8 Å². The van der Waals surface area contributed by atoms with Gasteiger partial charge >= 0.3 is 12.4 Å². The normalized spacial score (nSPS) is 20.7. The number of rotatable bonds is 7. The first-order chi connectivity index (χ1) is 18.3. The van der Waals surface area contributed by atoms with E-state index in [1.54, 1.807) is 4.90 Å². The fourth-order valence-electron chi connectivity index (χ4n) is 4.51. The molecule has 1 aromatic carbocycles. The minimum atomic E-state index is -4.84. The second-order valence-electron chi connectivity index (χ2n) is 9.17. The average molecular weight is 599 g/mol. The van der Waals surface area contributed by atoms with Crippen molar-refractivity contribution in [2.75, 3.05) is 43.0 Å². The molecular formula is C22H24F6N6O3S2. The summed E-state index contributed by atoms with van der Waals surface area (Å²) in [6, 6.07) is 2.78. The number of nitrogens with one attached hydrogen (secondary N) is 1. The average Bonchev–Trinajstić information content (AvgIpc) is 3.39. The molecule has 2 fully saturated rings. The maximum Gasteiger partial charge on any atom is 0.445 e. The van der Waals surface area contributed by atoms with Crippen LogP contribution in [0.4, 0.5) is 42.8 Å². The third-order valence-corrected chi connectivity index (χ3v) is 7.95. The molecule has 1 aromatic heterocycles. The van der Waals surface area contributed by atoms with Gasteiger partial charge in [0.15, 0.2) is 0 Å². The molecule has 0 amide bonds. The first-order valence-corrected chi connectivity index (χ1v) is 13.2. The van der Waals surface area contributed by atoms with E-state index < -0.39 is 33.5 Å². The van der Waals surface area contributed by atoms with Crippen molar-refractivity contribution in [3.63, 3.8) is 0 Å². The lowest BCUT2D eigenvalue weighted by Gasteiger charge is -2.36. The van der Waals surface area contributed by atoms with Gasteiger partial charge in [0.25, 0.3) is 5.69 Å². The Balaban J connectivity index is 1.19. The van der Waals surface area contributed by atoms with Gasteiger partial charge in [0.05, 0.1) is 17.6 Å². The Morgan fingerprint density at radius 1 is 1.08 bits per heavy atom. The van der Waals surface area contributed by atoms with Crippen LogP contribution >= 0.6 is 23.6 Å². The minimum absolute atomic E-state index is 0.0768. The van der Waals surface area contributed by atoms with Crippen LogP contribution in [0.2, 0.25) is 0 Å². The molecule has 2 aromatic rings. The van der Waals surface area contributed by atoms with Crippen molar-refractivity contribution in [3.8, 4) is 0 Å². The standard InChI is InChI=1S/C22H24F6N6O3S2/c23-21(24,25)16-11-14(3-6-17(16)34(35)36)29-13-1-4-15(5-2-13)37-12-18(38)32-7-9-33(10-8-32)20-31-30-19(39-20)22(26,27)28/h3,6,11,13,15,29H,1-2,4-5,7-10,12H2. The number of nitro groups is 1. The van der Waals surface area contributed by atoms with Gasteiger partial charge in [-0.15, -0.1) is 10.2 Å². The molecule has 2 aliphatic rings. The van der Waals surface area contributed by atoms with E-state index in [0.29, 0.717) is 68.2 Å². The summed E-state index contributed by atoms with van der Waals surface area (Å²) < 4.78 is 84.0. The first-order valence-electron chi connectivity index (χ1n) is 12.0. The molecule has 0 bridgehead atoms. The Morgan fingerprint density at radius 2 is 1.74 bits per heavy atom. The number of nitrogens with zero attached hydrogens (tertiary/aromatic N) is 5. The molecule has 0 unspecified atom stereocenters. The molecule has 1 aliphatic heterocycles. The highest BCUT2D eigenvalue weighted by Gasteiger charge is 2.39. The highest BCUT2D eigenvalue weighted by molar-refractivity contribution is 7.80. The first kappa shape index (κ1) is 29.2. The molecule has 214 valence electrons. The lowest BCUT2D eigenvalue weighted by molar-refractivity contribution is -0.388. The van der Waals surface area contributed by atoms with E-state index in [1.165, 1.54) is 6.07 Å². The number of thiocarbonyl (C=S) groups is 1. The Labute approximate surface area is 228 Å². The van der Waals surface area contributed by atoms with Crippen molar-refractivity contribution in [2.24, 2.45) is 0 Å². The van der Waals surface area contributed by atoms with Crippen LogP contribution in [0.15, 0.2) is 18.2 Å². The summed E-state index contributed by atoms with van der Waals surface area (Å²) in [5.74, 6) is 0. The number of benzene rings is 1. The predicted molar refractivity (Wildman–Crippen MR) is 135 cm³/mol. The van der Waals surface area contributed by atoms with Gasteiger partial charge in [-0.25, -0.2) is 0 Å². The lowest BCUT2D eigenvalue weighted by atomic mass is 9.92. The summed E-state index contributed by atoms with van der Waals surface area (Å²) in [5.41, 5.74) is -2.11. The van der Waals surface area contributed by atoms with Gasteiger partial charge in [0.2, 0.25) is 10.1 Å². The Kier molecular flexibility index (Phi) is 8.80. The smallest absolute Gasteiger partial charge is 0.382 e. The monoisotopic (exact) mass is 598 g/mol. The van der Waals surface area contributed by atoms with E-state index in [1.807, 2.05) is 4.90 Å². The second-order valence-corrected chi connectivity index (χ2v) is 10.6. The van der Waals surface area contributed by atoms with Crippen LogP contribution in [-0.2, 0) is 17.1 Å². The van der Waals surface area contributed by atoms with Gasteiger partial charge in [0.1, 0.15) is 10.6 Å². The van der Waals surface area contributed by atoms with Crippen LogP contribution in [-0.4, -0.2) is 69.9 Å². The molecule has 1 saturated heterocycles. The van der Waals surface area contributed by atoms with E-state index in [4.69, 9.17) is 17.0 Å². The molecule has 39 heavy (non-hydrogen) atoms. The van der Waals surface area contributed by atoms with Crippen LogP contribution in [0, 0.1) is 10.1 Å². The number of piperazine rings is 1. The van der Waals surface area contributed by atoms with E-state index in [0.717, 1.165) is 12.1 Å². The molecule has 9 nitrogen and oxygen atoms in total. The summed E-state index contributed by atoms with van der Waals surface area (Å²) in [7, 11) is 0. The topological polar surface area (TPSA) is 96.7 Å². The van der Waals surface area contributed by atoms with Crippen molar-refractivity contribution >= 4 is 45.0 Å². The zero-order chi connectivity index (χ0) is 28.4. The van der Waals surface area contributed by atoms with E-state index in [-0.39, 0.29) is 29.6 Å². The highest BCUT2D eigenvalue weighted by atomic mass is 32.1. The summed E-state index contributed by atoms with van der Waals surface area (Å²) in [6.45, 7) is 2.13. The van der Waals surface area contributed by atoms with Crippen LogP contribution in [0.1, 0.15) is 36.3 Å². The van der Waals surface area contributed by atoms with Gasteiger partial charge in [0, 0.05) is 44.0 Å². The lowest BCUT2D eigenvalue weighted by Crippen LogP contribution is -2.49. The van der Waals surface area contributed by atoms with Crippen molar-refractivity contribution < 1.29 is 36.0 Å². The quantitative estimate of drug-likeness (QED) is 0.195. The fraction of sp³-hybridized carbons (Fsp3) is 0.591. The molecule has 0 radical (unpaired) electrons. The third kappa shape index (κ3) is 7.45. The Morgan fingerprint density at radius 3 is 2.31 bits per heavy atom. The van der Waals surface area contributed by atoms with E-state index in [2.05, 4.69) is 15.5 Å². The zero-order valence-corrected chi connectivity index (χ0v) is 21.9. The molecule has 17 heteroatoms. The second kappa shape index (κ2) is 11.8. The molecule has 0 spiro atoms. The molecule has 1 saturated carbocycles. The number of alkyl halides is 6. The van der Waals surface area contributed by atoms with E-state index in [9.17, 15) is 36.5 Å². The molecule has 1 aliphatic carbocycles. The predicted octanol–water partition coefficient (Wildman–Crippen LogP) is 5.37. The number of hydrogen-bond donors (Lipinski definition) is 1. The van der Waals surface area contributed by atoms with Crippen LogP contribution < -0.4 is 10.2 Å². The molecular weight excluding hydrogens is 574 g/mol. The maximum atomic E-state index is 13.2. The number of aromatic nitrogens is 2. The largest absolute Gasteiger partial charge is 0.445 e. The molecule has 1 N–H and O–H groups in total. The van der Waals surface area contributed by atoms with Gasteiger partial charge < -0.3 is 19.9 Å². The third-order valence-electron chi connectivity index (χ3n) is 6.55. The molecule has 0 atom stereocenters. The SMILES string of the molecule is O=[N+]([O-])c1ccc(NC2CCC(OCC(=S)N3CCN(c4nnc(C(F)(F)F)s4)CC3)CC2)cc1C(F)(F)F. The number of anilines is 2. The Bertz CT molecular complexity index is 1180. The number of nitro benzene ring substituents is 1. The molecule has 2 heterocycles. The highest BCUT2D eigenvalue weighted by Crippen LogP contribution is 2.38. The van der Waals surface area contributed by atoms with Crippen LogP contribution in [0.25, 0.3) is 0 Å². The van der Waals surface area contributed by atoms with Crippen molar-refractivity contribution in [1.29, 1.82) is 0 Å². The maximum absolute atomic E-state index is 13.2. The summed E-state index contributed by atoms with van der Waals surface area (Å²) in [4.78, 5) is 14.2.